The van der Waals surface area contributed by atoms with E-state index in [9.17, 15) is 21.6 Å². The Labute approximate surface area is 102 Å². The van der Waals surface area contributed by atoms with E-state index in [1.165, 1.54) is 7.11 Å². The summed E-state index contributed by atoms with van der Waals surface area (Å²) in [5.41, 5.74) is -0.0182. The van der Waals surface area contributed by atoms with E-state index in [-0.39, 0.29) is 18.0 Å². The van der Waals surface area contributed by atoms with E-state index in [1.54, 1.807) is 0 Å². The summed E-state index contributed by atoms with van der Waals surface area (Å²) < 4.78 is 66.2. The molecule has 104 valence electrons. The molecule has 1 rings (SSSR count). The fourth-order valence-electron chi connectivity index (χ4n) is 1.11. The second kappa shape index (κ2) is 5.57. The zero-order chi connectivity index (χ0) is 13.8. The third kappa shape index (κ3) is 5.36. The molecule has 0 unspecified atom stereocenters. The summed E-state index contributed by atoms with van der Waals surface area (Å²) in [4.78, 5) is 0. The monoisotopic (exact) mass is 287 g/mol. The minimum atomic E-state index is -4.40. The molecule has 0 saturated heterocycles. The first-order valence-electron chi connectivity index (χ1n) is 4.80. The van der Waals surface area contributed by atoms with Crippen LogP contribution in [0, 0.1) is 0 Å². The standard InChI is InChI=1S/C8H12F3N3O3S/c1-17-2-3-18(15,16)13-7-4-12-14(5-7)6-8(9,10)11/h4-5,13H,2-3,6H2,1H3. The van der Waals surface area contributed by atoms with Crippen LogP contribution in [0.4, 0.5) is 18.9 Å². The molecule has 1 heterocycles. The highest BCUT2D eigenvalue weighted by Gasteiger charge is 2.28. The number of hydrogen-bond acceptors (Lipinski definition) is 4. The second-order valence-corrected chi connectivity index (χ2v) is 5.30. The van der Waals surface area contributed by atoms with Crippen molar-refractivity contribution in [2.24, 2.45) is 0 Å². The molecular formula is C8H12F3N3O3S. The van der Waals surface area contributed by atoms with Crippen molar-refractivity contribution < 1.29 is 26.3 Å². The third-order valence-corrected chi connectivity index (χ3v) is 3.05. The fraction of sp³-hybridized carbons (Fsp3) is 0.625. The van der Waals surface area contributed by atoms with E-state index in [1.807, 2.05) is 0 Å². The Kier molecular flexibility index (Phi) is 4.57. The first-order chi connectivity index (χ1) is 8.22. The Balaban J connectivity index is 2.64. The summed E-state index contributed by atoms with van der Waals surface area (Å²) in [5, 5.41) is 3.40. The van der Waals surface area contributed by atoms with Gasteiger partial charge in [0.15, 0.2) is 0 Å². The fourth-order valence-corrected chi connectivity index (χ4v) is 2.06. The number of nitrogens with one attached hydrogen (secondary N) is 1. The Morgan fingerprint density at radius 2 is 2.17 bits per heavy atom. The Morgan fingerprint density at radius 1 is 1.50 bits per heavy atom. The summed E-state index contributed by atoms with van der Waals surface area (Å²) in [5.74, 6) is -0.284. The van der Waals surface area contributed by atoms with Gasteiger partial charge in [-0.2, -0.15) is 18.3 Å². The maximum absolute atomic E-state index is 12.0. The van der Waals surface area contributed by atoms with Gasteiger partial charge in [-0.05, 0) is 0 Å². The highest BCUT2D eigenvalue weighted by molar-refractivity contribution is 7.92. The predicted molar refractivity (Wildman–Crippen MR) is 57.6 cm³/mol. The number of nitrogens with zero attached hydrogens (tertiary/aromatic N) is 2. The molecule has 18 heavy (non-hydrogen) atoms. The van der Waals surface area contributed by atoms with Crippen molar-refractivity contribution in [1.82, 2.24) is 9.78 Å². The lowest BCUT2D eigenvalue weighted by atomic mass is 10.6. The molecule has 0 bridgehead atoms. The van der Waals surface area contributed by atoms with E-state index in [4.69, 9.17) is 0 Å². The average molecular weight is 287 g/mol. The van der Waals surface area contributed by atoms with Gasteiger partial charge in [-0.1, -0.05) is 0 Å². The molecule has 0 radical (unpaired) electrons. The highest BCUT2D eigenvalue weighted by Crippen LogP contribution is 2.18. The maximum atomic E-state index is 12.0. The molecular weight excluding hydrogens is 275 g/mol. The number of ether oxygens (including phenoxy) is 1. The van der Waals surface area contributed by atoms with Gasteiger partial charge in [0.2, 0.25) is 10.0 Å². The van der Waals surface area contributed by atoms with Crippen LogP contribution in [0.1, 0.15) is 0 Å². The average Bonchev–Trinajstić information content (AvgIpc) is 2.59. The second-order valence-electron chi connectivity index (χ2n) is 3.46. The molecule has 0 spiro atoms. The predicted octanol–water partition coefficient (Wildman–Crippen LogP) is 0.833. The molecule has 1 aromatic rings. The molecule has 1 N–H and O–H groups in total. The quantitative estimate of drug-likeness (QED) is 0.841. The summed E-state index contributed by atoms with van der Waals surface area (Å²) in [6.45, 7) is -1.28. The van der Waals surface area contributed by atoms with Crippen LogP contribution in [0.25, 0.3) is 0 Å². The van der Waals surface area contributed by atoms with Crippen molar-refractivity contribution in [3.05, 3.63) is 12.4 Å². The SMILES string of the molecule is COCCS(=O)(=O)Nc1cnn(CC(F)(F)F)c1. The summed E-state index contributed by atoms with van der Waals surface area (Å²) in [6, 6.07) is 0. The van der Waals surface area contributed by atoms with Crippen LogP contribution in [-0.4, -0.2) is 43.8 Å². The van der Waals surface area contributed by atoms with Gasteiger partial charge in [0.05, 0.1) is 24.2 Å². The number of sulfonamides is 1. The van der Waals surface area contributed by atoms with Crippen LogP contribution in [0.5, 0.6) is 0 Å². The molecule has 0 aliphatic heterocycles. The number of hydrogen-bond donors (Lipinski definition) is 1. The van der Waals surface area contributed by atoms with Crippen LogP contribution in [0.15, 0.2) is 12.4 Å². The molecule has 0 aliphatic carbocycles. The number of rotatable bonds is 6. The van der Waals surface area contributed by atoms with Gasteiger partial charge in [0, 0.05) is 13.3 Å². The van der Waals surface area contributed by atoms with E-state index >= 15 is 0 Å². The van der Waals surface area contributed by atoms with Gasteiger partial charge in [-0.3, -0.25) is 9.40 Å². The summed E-state index contributed by atoms with van der Waals surface area (Å²) >= 11 is 0. The lowest BCUT2D eigenvalue weighted by Crippen LogP contribution is -2.20. The zero-order valence-electron chi connectivity index (χ0n) is 9.44. The lowest BCUT2D eigenvalue weighted by molar-refractivity contribution is -0.142. The van der Waals surface area contributed by atoms with Gasteiger partial charge >= 0.3 is 6.18 Å². The smallest absolute Gasteiger partial charge is 0.384 e. The van der Waals surface area contributed by atoms with Crippen molar-refractivity contribution in [2.45, 2.75) is 12.7 Å². The van der Waals surface area contributed by atoms with Crippen molar-refractivity contribution in [3.8, 4) is 0 Å². The Morgan fingerprint density at radius 3 is 2.72 bits per heavy atom. The molecule has 0 aliphatic rings. The van der Waals surface area contributed by atoms with Crippen LogP contribution in [0.2, 0.25) is 0 Å². The molecule has 1 aromatic heterocycles. The number of halogens is 3. The topological polar surface area (TPSA) is 73.2 Å². The van der Waals surface area contributed by atoms with Crippen molar-refractivity contribution in [2.75, 3.05) is 24.2 Å². The first-order valence-corrected chi connectivity index (χ1v) is 6.46. The van der Waals surface area contributed by atoms with Gasteiger partial charge in [0.25, 0.3) is 0 Å². The molecule has 0 atom stereocenters. The Hall–Kier alpha value is -1.29. The summed E-state index contributed by atoms with van der Waals surface area (Å²) in [6.07, 6.45) is -2.42. The normalized spacial score (nSPS) is 12.7. The highest BCUT2D eigenvalue weighted by atomic mass is 32.2. The molecule has 0 amide bonds. The Bertz CT molecular complexity index is 483. The lowest BCUT2D eigenvalue weighted by Gasteiger charge is -2.06. The zero-order valence-corrected chi connectivity index (χ0v) is 10.3. The van der Waals surface area contributed by atoms with Crippen LogP contribution < -0.4 is 4.72 Å². The van der Waals surface area contributed by atoms with Crippen LogP contribution >= 0.6 is 0 Å². The molecule has 6 nitrogen and oxygen atoms in total. The van der Waals surface area contributed by atoms with E-state index in [2.05, 4.69) is 14.6 Å². The minimum absolute atomic E-state index is 0.00792. The molecule has 0 saturated carbocycles. The molecule has 0 aromatic carbocycles. The van der Waals surface area contributed by atoms with Crippen molar-refractivity contribution in [3.63, 3.8) is 0 Å². The van der Waals surface area contributed by atoms with Gasteiger partial charge < -0.3 is 4.74 Å². The number of methoxy groups -OCH3 is 1. The van der Waals surface area contributed by atoms with E-state index in [0.29, 0.717) is 4.68 Å². The first kappa shape index (κ1) is 14.8. The van der Waals surface area contributed by atoms with Crippen LogP contribution in [0.3, 0.4) is 0 Å². The van der Waals surface area contributed by atoms with Crippen molar-refractivity contribution >= 4 is 15.7 Å². The van der Waals surface area contributed by atoms with Crippen molar-refractivity contribution in [1.29, 1.82) is 0 Å². The maximum Gasteiger partial charge on any atom is 0.408 e. The molecule has 0 fully saturated rings. The third-order valence-electron chi connectivity index (χ3n) is 1.80. The number of alkyl halides is 3. The number of aromatic nitrogens is 2. The van der Waals surface area contributed by atoms with Crippen LogP contribution in [-0.2, 0) is 21.3 Å². The largest absolute Gasteiger partial charge is 0.408 e. The number of anilines is 1. The van der Waals surface area contributed by atoms with Gasteiger partial charge in [-0.25, -0.2) is 8.42 Å². The van der Waals surface area contributed by atoms with Gasteiger partial charge in [-0.15, -0.1) is 0 Å². The van der Waals surface area contributed by atoms with E-state index in [0.717, 1.165) is 12.4 Å². The summed E-state index contributed by atoms with van der Waals surface area (Å²) in [7, 11) is -2.29. The van der Waals surface area contributed by atoms with E-state index < -0.39 is 22.7 Å². The van der Waals surface area contributed by atoms with Gasteiger partial charge in [0.1, 0.15) is 6.54 Å². The minimum Gasteiger partial charge on any atom is -0.384 e. The molecule has 10 heteroatoms.